The molecule has 1 unspecified atom stereocenters. The van der Waals surface area contributed by atoms with Gasteiger partial charge in [0.25, 0.3) is 5.91 Å². The number of nitrogens with one attached hydrogen (secondary N) is 1. The summed E-state index contributed by atoms with van der Waals surface area (Å²) in [5.41, 5.74) is 1.49. The van der Waals surface area contributed by atoms with Crippen LogP contribution in [0.5, 0.6) is 0 Å². The molecule has 0 aromatic carbocycles. The molecule has 1 aliphatic heterocycles. The highest BCUT2D eigenvalue weighted by Gasteiger charge is 2.30. The van der Waals surface area contributed by atoms with Crippen LogP contribution in [0.4, 0.5) is 5.69 Å². The van der Waals surface area contributed by atoms with E-state index in [9.17, 15) is 4.79 Å². The summed E-state index contributed by atoms with van der Waals surface area (Å²) in [6, 6.07) is 4.04. The van der Waals surface area contributed by atoms with E-state index in [0.717, 1.165) is 38.2 Å². The Hall–Kier alpha value is -1.62. The van der Waals surface area contributed by atoms with Gasteiger partial charge < -0.3 is 15.1 Å². The molecule has 1 saturated heterocycles. The van der Waals surface area contributed by atoms with Crippen LogP contribution in [-0.4, -0.2) is 60.5 Å². The fraction of sp³-hybridized carbons (Fsp3) is 0.600. The first kappa shape index (κ1) is 14.8. The first-order valence-corrected chi connectivity index (χ1v) is 7.27. The highest BCUT2D eigenvalue weighted by molar-refractivity contribution is 5.92. The minimum absolute atomic E-state index is 0.0531. The number of hydrogen-bond donors (Lipinski definition) is 1. The Labute approximate surface area is 121 Å². The van der Waals surface area contributed by atoms with E-state index in [1.807, 2.05) is 38.1 Å². The number of anilines is 1. The zero-order chi connectivity index (χ0) is 14.5. The molecule has 5 nitrogen and oxygen atoms in total. The quantitative estimate of drug-likeness (QED) is 0.889. The smallest absolute Gasteiger partial charge is 0.272 e. The lowest BCUT2D eigenvalue weighted by Crippen LogP contribution is -2.41. The Balaban J connectivity index is 2.05. The highest BCUT2D eigenvalue weighted by Crippen LogP contribution is 2.20. The third-order valence-corrected chi connectivity index (χ3v) is 3.58. The molecule has 20 heavy (non-hydrogen) atoms. The molecule has 2 heterocycles. The van der Waals surface area contributed by atoms with Crippen molar-refractivity contribution >= 4 is 11.6 Å². The summed E-state index contributed by atoms with van der Waals surface area (Å²) < 4.78 is 0. The predicted molar refractivity (Wildman–Crippen MR) is 81.0 cm³/mol. The first-order valence-electron chi connectivity index (χ1n) is 7.27. The Morgan fingerprint density at radius 1 is 1.50 bits per heavy atom. The van der Waals surface area contributed by atoms with Gasteiger partial charge in [-0.3, -0.25) is 4.79 Å². The maximum absolute atomic E-state index is 12.5. The van der Waals surface area contributed by atoms with E-state index >= 15 is 0 Å². The van der Waals surface area contributed by atoms with Crippen molar-refractivity contribution in [2.75, 3.05) is 39.0 Å². The summed E-state index contributed by atoms with van der Waals surface area (Å²) in [4.78, 5) is 20.9. The van der Waals surface area contributed by atoms with Crippen molar-refractivity contribution in [2.24, 2.45) is 0 Å². The van der Waals surface area contributed by atoms with E-state index in [1.54, 1.807) is 6.20 Å². The first-order chi connectivity index (χ1) is 9.61. The third-order valence-electron chi connectivity index (χ3n) is 3.58. The molecule has 110 valence electrons. The molecule has 0 spiro atoms. The number of hydrogen-bond acceptors (Lipinski definition) is 4. The lowest BCUT2D eigenvalue weighted by atomic mass is 10.2. The van der Waals surface area contributed by atoms with Crippen LogP contribution < -0.4 is 5.32 Å². The molecule has 1 amide bonds. The molecule has 0 aliphatic carbocycles. The predicted octanol–water partition coefficient (Wildman–Crippen LogP) is 1.68. The van der Waals surface area contributed by atoms with Gasteiger partial charge in [0.15, 0.2) is 0 Å². The number of likely N-dealkylation sites (tertiary alicyclic amines) is 1. The lowest BCUT2D eigenvalue weighted by Gasteiger charge is -2.26. The molecule has 1 aromatic heterocycles. The van der Waals surface area contributed by atoms with Crippen LogP contribution in [0.15, 0.2) is 18.3 Å². The van der Waals surface area contributed by atoms with E-state index in [4.69, 9.17) is 0 Å². The lowest BCUT2D eigenvalue weighted by molar-refractivity contribution is 0.0710. The molecule has 5 heteroatoms. The van der Waals surface area contributed by atoms with Crippen LogP contribution in [0, 0.1) is 0 Å². The SMILES string of the molecule is CCNc1ccc(C(=O)N2CCCC2CN(C)C)nc1. The van der Waals surface area contributed by atoms with Crippen molar-refractivity contribution < 1.29 is 4.79 Å². The van der Waals surface area contributed by atoms with E-state index in [2.05, 4.69) is 15.2 Å². The number of aromatic nitrogens is 1. The molecule has 2 rings (SSSR count). The largest absolute Gasteiger partial charge is 0.384 e. The van der Waals surface area contributed by atoms with Gasteiger partial charge in [-0.2, -0.15) is 0 Å². The molecule has 0 radical (unpaired) electrons. The maximum Gasteiger partial charge on any atom is 0.272 e. The monoisotopic (exact) mass is 276 g/mol. The summed E-state index contributed by atoms with van der Waals surface area (Å²) in [5.74, 6) is 0.0531. The van der Waals surface area contributed by atoms with Crippen molar-refractivity contribution in [1.82, 2.24) is 14.8 Å². The van der Waals surface area contributed by atoms with E-state index in [0.29, 0.717) is 11.7 Å². The normalized spacial score (nSPS) is 18.6. The van der Waals surface area contributed by atoms with Gasteiger partial charge in [0, 0.05) is 25.7 Å². The van der Waals surface area contributed by atoms with E-state index < -0.39 is 0 Å². The van der Waals surface area contributed by atoms with E-state index in [-0.39, 0.29) is 5.91 Å². The van der Waals surface area contributed by atoms with Crippen molar-refractivity contribution in [1.29, 1.82) is 0 Å². The number of likely N-dealkylation sites (N-methyl/N-ethyl adjacent to an activating group) is 1. The second-order valence-electron chi connectivity index (χ2n) is 5.52. The van der Waals surface area contributed by atoms with Crippen molar-refractivity contribution in [3.05, 3.63) is 24.0 Å². The minimum atomic E-state index is 0.0531. The molecule has 1 atom stereocenters. The number of carbonyl (C=O) groups is 1. The van der Waals surface area contributed by atoms with E-state index in [1.165, 1.54) is 0 Å². The second kappa shape index (κ2) is 6.70. The highest BCUT2D eigenvalue weighted by atomic mass is 16.2. The van der Waals surface area contributed by atoms with Crippen LogP contribution in [0.3, 0.4) is 0 Å². The second-order valence-corrected chi connectivity index (χ2v) is 5.52. The molecule has 1 aliphatic rings. The average Bonchev–Trinajstić information content (AvgIpc) is 2.86. The van der Waals surface area contributed by atoms with Gasteiger partial charge in [-0.15, -0.1) is 0 Å². The maximum atomic E-state index is 12.5. The molecule has 0 saturated carbocycles. The fourth-order valence-electron chi connectivity index (χ4n) is 2.69. The summed E-state index contributed by atoms with van der Waals surface area (Å²) in [5, 5.41) is 3.18. The van der Waals surface area contributed by atoms with Crippen LogP contribution in [0.1, 0.15) is 30.3 Å². The zero-order valence-corrected chi connectivity index (χ0v) is 12.6. The van der Waals surface area contributed by atoms with Gasteiger partial charge in [0.05, 0.1) is 11.9 Å². The van der Waals surface area contributed by atoms with Crippen LogP contribution in [-0.2, 0) is 0 Å². The van der Waals surface area contributed by atoms with Crippen LogP contribution in [0.25, 0.3) is 0 Å². The Kier molecular flexibility index (Phi) is 4.95. The number of carbonyl (C=O) groups excluding carboxylic acids is 1. The standard InChI is InChI=1S/C15H24N4O/c1-4-16-12-7-8-14(17-10-12)15(20)19-9-5-6-13(19)11-18(2)3/h7-8,10,13,16H,4-6,9,11H2,1-3H3. The summed E-state index contributed by atoms with van der Waals surface area (Å²) in [6.07, 6.45) is 3.90. The topological polar surface area (TPSA) is 48.5 Å². The molecule has 0 bridgehead atoms. The number of nitrogens with zero attached hydrogens (tertiary/aromatic N) is 3. The van der Waals surface area contributed by atoms with Gasteiger partial charge in [-0.05, 0) is 46.0 Å². The summed E-state index contributed by atoms with van der Waals surface area (Å²) in [6.45, 7) is 4.65. The van der Waals surface area contributed by atoms with Crippen molar-refractivity contribution in [2.45, 2.75) is 25.8 Å². The van der Waals surface area contributed by atoms with Crippen molar-refractivity contribution in [3.8, 4) is 0 Å². The van der Waals surface area contributed by atoms with Gasteiger partial charge in [0.1, 0.15) is 5.69 Å². The molecular weight excluding hydrogens is 252 g/mol. The van der Waals surface area contributed by atoms with Gasteiger partial charge in [0.2, 0.25) is 0 Å². The summed E-state index contributed by atoms with van der Waals surface area (Å²) >= 11 is 0. The van der Waals surface area contributed by atoms with Crippen LogP contribution >= 0.6 is 0 Å². The number of pyridine rings is 1. The minimum Gasteiger partial charge on any atom is -0.384 e. The molecule has 1 N–H and O–H groups in total. The Bertz CT molecular complexity index is 444. The molecular formula is C15H24N4O. The van der Waals surface area contributed by atoms with Gasteiger partial charge in [-0.25, -0.2) is 4.98 Å². The number of amides is 1. The number of rotatable bonds is 5. The zero-order valence-electron chi connectivity index (χ0n) is 12.6. The Morgan fingerprint density at radius 3 is 2.90 bits per heavy atom. The molecule has 1 aromatic rings. The van der Waals surface area contributed by atoms with Crippen LogP contribution in [0.2, 0.25) is 0 Å². The Morgan fingerprint density at radius 2 is 2.30 bits per heavy atom. The summed E-state index contributed by atoms with van der Waals surface area (Å²) in [7, 11) is 4.09. The van der Waals surface area contributed by atoms with Gasteiger partial charge in [-0.1, -0.05) is 0 Å². The van der Waals surface area contributed by atoms with Crippen molar-refractivity contribution in [3.63, 3.8) is 0 Å². The third kappa shape index (κ3) is 3.48. The molecule has 1 fully saturated rings. The van der Waals surface area contributed by atoms with Gasteiger partial charge >= 0.3 is 0 Å². The fourth-order valence-corrected chi connectivity index (χ4v) is 2.69. The average molecular weight is 276 g/mol.